The summed E-state index contributed by atoms with van der Waals surface area (Å²) >= 11 is 3.59. The molecule has 1 aliphatic heterocycles. The van der Waals surface area contributed by atoms with E-state index in [1.54, 1.807) is 0 Å². The summed E-state index contributed by atoms with van der Waals surface area (Å²) in [5.74, 6) is 1.13. The van der Waals surface area contributed by atoms with E-state index in [2.05, 4.69) is 98.7 Å². The summed E-state index contributed by atoms with van der Waals surface area (Å²) in [5.41, 5.74) is 7.09. The lowest BCUT2D eigenvalue weighted by molar-refractivity contribution is 0.780. The van der Waals surface area contributed by atoms with Crippen LogP contribution in [0.4, 0.5) is 5.82 Å². The molecule has 0 saturated heterocycles. The van der Waals surface area contributed by atoms with Crippen molar-refractivity contribution in [1.82, 2.24) is 9.78 Å². The van der Waals surface area contributed by atoms with Gasteiger partial charge in [0.2, 0.25) is 0 Å². The maximum atomic E-state index is 5.05. The molecular formula is C25H22BrN3. The normalized spacial score (nSPS) is 13.4. The van der Waals surface area contributed by atoms with Gasteiger partial charge in [0.05, 0.1) is 11.4 Å². The maximum Gasteiger partial charge on any atom is 0.133 e. The molecule has 0 radical (unpaired) electrons. The van der Waals surface area contributed by atoms with Gasteiger partial charge in [0.25, 0.3) is 0 Å². The zero-order valence-corrected chi connectivity index (χ0v) is 17.7. The number of anilines is 1. The van der Waals surface area contributed by atoms with Crippen LogP contribution in [-0.2, 0) is 6.42 Å². The van der Waals surface area contributed by atoms with E-state index in [0.29, 0.717) is 0 Å². The van der Waals surface area contributed by atoms with Gasteiger partial charge in [-0.2, -0.15) is 5.10 Å². The molecule has 0 saturated carbocycles. The van der Waals surface area contributed by atoms with Gasteiger partial charge < -0.3 is 5.32 Å². The van der Waals surface area contributed by atoms with E-state index in [1.165, 1.54) is 35.1 Å². The number of rotatable bonds is 3. The van der Waals surface area contributed by atoms with Crippen molar-refractivity contribution >= 4 is 21.7 Å². The van der Waals surface area contributed by atoms with E-state index in [0.717, 1.165) is 34.6 Å². The molecule has 144 valence electrons. The van der Waals surface area contributed by atoms with Gasteiger partial charge in [0.15, 0.2) is 0 Å². The standard InChI is InChI=1S/C25H22BrN3/c26-21-9-6-10-22(17-21)29-25-23(11-4-5-16-27-25)24(28-29)20-14-12-19(13-15-20)18-7-2-1-3-8-18/h1-3,6-10,12-15,17,27H,4-5,11,16H2. The molecule has 0 spiro atoms. The molecule has 4 aromatic rings. The summed E-state index contributed by atoms with van der Waals surface area (Å²) < 4.78 is 3.12. The topological polar surface area (TPSA) is 29.9 Å². The van der Waals surface area contributed by atoms with Crippen molar-refractivity contribution in [3.8, 4) is 28.1 Å². The fourth-order valence-electron chi connectivity index (χ4n) is 3.98. The Kier molecular flexibility index (Phi) is 4.94. The van der Waals surface area contributed by atoms with Crippen LogP contribution in [0, 0.1) is 0 Å². The monoisotopic (exact) mass is 443 g/mol. The number of nitrogens with zero attached hydrogens (tertiary/aromatic N) is 2. The molecule has 3 nitrogen and oxygen atoms in total. The first-order valence-corrected chi connectivity index (χ1v) is 10.9. The summed E-state index contributed by atoms with van der Waals surface area (Å²) in [4.78, 5) is 0. The molecule has 0 atom stereocenters. The Morgan fingerprint density at radius 3 is 2.34 bits per heavy atom. The Balaban J connectivity index is 1.60. The van der Waals surface area contributed by atoms with Crippen LogP contribution in [0.1, 0.15) is 18.4 Å². The van der Waals surface area contributed by atoms with Crippen molar-refractivity contribution in [3.05, 3.63) is 88.9 Å². The predicted molar refractivity (Wildman–Crippen MR) is 124 cm³/mol. The van der Waals surface area contributed by atoms with Crippen LogP contribution in [0.2, 0.25) is 0 Å². The second-order valence-electron chi connectivity index (χ2n) is 7.39. The van der Waals surface area contributed by atoms with Crippen LogP contribution in [0.3, 0.4) is 0 Å². The van der Waals surface area contributed by atoms with E-state index < -0.39 is 0 Å². The minimum Gasteiger partial charge on any atom is -0.370 e. The molecule has 2 heterocycles. The molecule has 1 aromatic heterocycles. The van der Waals surface area contributed by atoms with E-state index >= 15 is 0 Å². The average Bonchev–Trinajstić information content (AvgIpc) is 2.95. The smallest absolute Gasteiger partial charge is 0.133 e. The lowest BCUT2D eigenvalue weighted by atomic mass is 10.00. The number of benzene rings is 3. The first-order chi connectivity index (χ1) is 14.3. The summed E-state index contributed by atoms with van der Waals surface area (Å²) in [6.45, 7) is 0.985. The maximum absolute atomic E-state index is 5.05. The Hall–Kier alpha value is -2.85. The fourth-order valence-corrected chi connectivity index (χ4v) is 4.37. The molecule has 4 heteroatoms. The van der Waals surface area contributed by atoms with Gasteiger partial charge in [0, 0.05) is 22.1 Å². The van der Waals surface area contributed by atoms with Gasteiger partial charge in [-0.15, -0.1) is 0 Å². The van der Waals surface area contributed by atoms with Crippen LogP contribution >= 0.6 is 15.9 Å². The molecule has 0 amide bonds. The largest absolute Gasteiger partial charge is 0.370 e. The average molecular weight is 444 g/mol. The molecule has 0 unspecified atom stereocenters. The van der Waals surface area contributed by atoms with E-state index in [4.69, 9.17) is 5.10 Å². The van der Waals surface area contributed by atoms with Gasteiger partial charge >= 0.3 is 0 Å². The fraction of sp³-hybridized carbons (Fsp3) is 0.160. The molecule has 0 aliphatic carbocycles. The highest BCUT2D eigenvalue weighted by molar-refractivity contribution is 9.10. The van der Waals surface area contributed by atoms with Crippen molar-refractivity contribution < 1.29 is 0 Å². The zero-order chi connectivity index (χ0) is 19.6. The van der Waals surface area contributed by atoms with Crippen molar-refractivity contribution in [1.29, 1.82) is 0 Å². The van der Waals surface area contributed by atoms with Crippen molar-refractivity contribution in [3.63, 3.8) is 0 Å². The highest BCUT2D eigenvalue weighted by atomic mass is 79.9. The Labute approximate surface area is 179 Å². The van der Waals surface area contributed by atoms with Crippen molar-refractivity contribution in [2.24, 2.45) is 0 Å². The van der Waals surface area contributed by atoms with Gasteiger partial charge in [0.1, 0.15) is 5.82 Å². The molecule has 29 heavy (non-hydrogen) atoms. The quantitative estimate of drug-likeness (QED) is 0.380. The third kappa shape index (κ3) is 3.60. The van der Waals surface area contributed by atoms with Crippen LogP contribution < -0.4 is 5.32 Å². The SMILES string of the molecule is Brc1cccc(-n2nc(-c3ccc(-c4ccccc4)cc3)c3c2NCCCC3)c1. The Morgan fingerprint density at radius 2 is 1.55 bits per heavy atom. The number of halogens is 1. The molecule has 1 aliphatic rings. The second kappa shape index (κ2) is 7.88. The third-order valence-corrected chi connectivity index (χ3v) is 5.94. The summed E-state index contributed by atoms with van der Waals surface area (Å²) in [6, 6.07) is 27.6. The van der Waals surface area contributed by atoms with Gasteiger partial charge in [-0.3, -0.25) is 0 Å². The highest BCUT2D eigenvalue weighted by Crippen LogP contribution is 2.35. The molecule has 5 rings (SSSR count). The van der Waals surface area contributed by atoms with Crippen LogP contribution in [0.25, 0.3) is 28.1 Å². The number of nitrogens with one attached hydrogen (secondary N) is 1. The van der Waals surface area contributed by atoms with Gasteiger partial charge in [-0.1, -0.05) is 76.6 Å². The van der Waals surface area contributed by atoms with Crippen LogP contribution in [0.15, 0.2) is 83.3 Å². The molecular weight excluding hydrogens is 422 g/mol. The second-order valence-corrected chi connectivity index (χ2v) is 8.31. The first kappa shape index (κ1) is 18.2. The number of fused-ring (bicyclic) bond motifs is 1. The summed E-state index contributed by atoms with van der Waals surface area (Å²) in [6.07, 6.45) is 3.41. The van der Waals surface area contributed by atoms with E-state index in [9.17, 15) is 0 Å². The lowest BCUT2D eigenvalue weighted by Gasteiger charge is -2.09. The van der Waals surface area contributed by atoms with Gasteiger partial charge in [-0.05, 0) is 48.6 Å². The predicted octanol–water partition coefficient (Wildman–Crippen LogP) is 6.72. The molecule has 3 aromatic carbocycles. The minimum atomic E-state index is 0.985. The number of aromatic nitrogens is 2. The lowest BCUT2D eigenvalue weighted by Crippen LogP contribution is -2.07. The van der Waals surface area contributed by atoms with Crippen molar-refractivity contribution in [2.45, 2.75) is 19.3 Å². The van der Waals surface area contributed by atoms with Crippen LogP contribution in [-0.4, -0.2) is 16.3 Å². The first-order valence-electron chi connectivity index (χ1n) is 10.1. The summed E-state index contributed by atoms with van der Waals surface area (Å²) in [7, 11) is 0. The van der Waals surface area contributed by atoms with E-state index in [-0.39, 0.29) is 0 Å². The van der Waals surface area contributed by atoms with E-state index in [1.807, 2.05) is 6.07 Å². The molecule has 0 fully saturated rings. The zero-order valence-electron chi connectivity index (χ0n) is 16.1. The number of hydrogen-bond donors (Lipinski definition) is 1. The van der Waals surface area contributed by atoms with Crippen LogP contribution in [0.5, 0.6) is 0 Å². The third-order valence-electron chi connectivity index (χ3n) is 5.45. The number of hydrogen-bond acceptors (Lipinski definition) is 2. The highest BCUT2D eigenvalue weighted by Gasteiger charge is 2.21. The van der Waals surface area contributed by atoms with Gasteiger partial charge in [-0.25, -0.2) is 4.68 Å². The minimum absolute atomic E-state index is 0.985. The Bertz CT molecular complexity index is 1130. The molecule has 1 N–H and O–H groups in total. The summed E-state index contributed by atoms with van der Waals surface area (Å²) in [5, 5.41) is 8.68. The molecule has 0 bridgehead atoms. The Morgan fingerprint density at radius 1 is 0.793 bits per heavy atom. The van der Waals surface area contributed by atoms with Crippen molar-refractivity contribution in [2.75, 3.05) is 11.9 Å².